The lowest BCUT2D eigenvalue weighted by Crippen LogP contribution is -2.53. The molecule has 0 aromatic rings. The summed E-state index contributed by atoms with van der Waals surface area (Å²) in [5.41, 5.74) is -0.726. The van der Waals surface area contributed by atoms with Crippen molar-refractivity contribution in [3.8, 4) is 0 Å². The predicted octanol–water partition coefficient (Wildman–Crippen LogP) is 0.916. The monoisotopic (exact) mass is 217 g/mol. The van der Waals surface area contributed by atoms with Gasteiger partial charge in [-0.1, -0.05) is 0 Å². The third-order valence-corrected chi connectivity index (χ3v) is 2.81. The summed E-state index contributed by atoms with van der Waals surface area (Å²) in [7, 11) is 0. The lowest BCUT2D eigenvalue weighted by molar-refractivity contribution is -0.0316. The summed E-state index contributed by atoms with van der Waals surface area (Å²) < 4.78 is 5.44. The van der Waals surface area contributed by atoms with Crippen LogP contribution in [0.15, 0.2) is 0 Å². The molecular weight excluding hydrogens is 198 g/mol. The highest BCUT2D eigenvalue weighted by Gasteiger charge is 2.43. The quantitative estimate of drug-likeness (QED) is 0.734. The second-order valence-electron chi connectivity index (χ2n) is 4.28. The first kappa shape index (κ1) is 12.3. The predicted molar refractivity (Wildman–Crippen MR) is 54.9 cm³/mol. The molecule has 0 aliphatic carbocycles. The van der Waals surface area contributed by atoms with Gasteiger partial charge in [0, 0.05) is 6.54 Å². The molecule has 0 spiro atoms. The molecular formula is C10H19NO4. The molecule has 1 rings (SSSR count). The van der Waals surface area contributed by atoms with Crippen molar-refractivity contribution in [2.75, 3.05) is 19.8 Å². The van der Waals surface area contributed by atoms with Crippen molar-refractivity contribution in [1.29, 1.82) is 0 Å². The standard InChI is InChI=1S/C10H19NO4/c1-8(2)15-7-10(6-12)4-3-5-11(10)9(13)14/h8,12H,3-7H2,1-2H3,(H,13,14). The van der Waals surface area contributed by atoms with Crippen LogP contribution in [0.5, 0.6) is 0 Å². The van der Waals surface area contributed by atoms with Crippen LogP contribution >= 0.6 is 0 Å². The molecule has 1 saturated heterocycles. The summed E-state index contributed by atoms with van der Waals surface area (Å²) in [6, 6.07) is 0. The largest absolute Gasteiger partial charge is 0.465 e. The van der Waals surface area contributed by atoms with Crippen molar-refractivity contribution >= 4 is 6.09 Å². The molecule has 1 amide bonds. The molecule has 1 aliphatic rings. The number of aliphatic hydroxyl groups excluding tert-OH is 1. The molecule has 1 unspecified atom stereocenters. The molecule has 0 saturated carbocycles. The summed E-state index contributed by atoms with van der Waals surface area (Å²) in [4.78, 5) is 12.3. The Labute approximate surface area is 89.6 Å². The summed E-state index contributed by atoms with van der Waals surface area (Å²) in [6.45, 7) is 4.37. The Morgan fingerprint density at radius 1 is 1.60 bits per heavy atom. The molecule has 1 heterocycles. The van der Waals surface area contributed by atoms with Crippen LogP contribution in [0.1, 0.15) is 26.7 Å². The Morgan fingerprint density at radius 3 is 2.73 bits per heavy atom. The molecule has 0 bridgehead atoms. The molecule has 15 heavy (non-hydrogen) atoms. The fraction of sp³-hybridized carbons (Fsp3) is 0.900. The van der Waals surface area contributed by atoms with Crippen LogP contribution < -0.4 is 0 Å². The number of hydrogen-bond acceptors (Lipinski definition) is 3. The molecule has 0 aromatic heterocycles. The number of carboxylic acid groups (broad SMARTS) is 1. The van der Waals surface area contributed by atoms with E-state index in [1.54, 1.807) is 0 Å². The fourth-order valence-electron chi connectivity index (χ4n) is 1.92. The minimum atomic E-state index is -0.978. The topological polar surface area (TPSA) is 70.0 Å². The highest BCUT2D eigenvalue weighted by molar-refractivity contribution is 5.66. The molecule has 1 aliphatic heterocycles. The number of nitrogens with zero attached hydrogens (tertiary/aromatic N) is 1. The molecule has 5 heteroatoms. The molecule has 0 radical (unpaired) electrons. The number of amides is 1. The lowest BCUT2D eigenvalue weighted by Gasteiger charge is -2.35. The number of hydrogen-bond donors (Lipinski definition) is 2. The third-order valence-electron chi connectivity index (χ3n) is 2.81. The smallest absolute Gasteiger partial charge is 0.407 e. The van der Waals surface area contributed by atoms with Gasteiger partial charge in [-0.2, -0.15) is 0 Å². The summed E-state index contributed by atoms with van der Waals surface area (Å²) in [5, 5.41) is 18.4. The van der Waals surface area contributed by atoms with E-state index in [1.165, 1.54) is 4.90 Å². The first-order valence-corrected chi connectivity index (χ1v) is 5.25. The van der Waals surface area contributed by atoms with E-state index in [2.05, 4.69) is 0 Å². The zero-order valence-corrected chi connectivity index (χ0v) is 9.27. The van der Waals surface area contributed by atoms with E-state index in [-0.39, 0.29) is 19.3 Å². The van der Waals surface area contributed by atoms with E-state index in [1.807, 2.05) is 13.8 Å². The molecule has 1 atom stereocenters. The second kappa shape index (κ2) is 4.81. The van der Waals surface area contributed by atoms with Gasteiger partial charge in [-0.15, -0.1) is 0 Å². The second-order valence-corrected chi connectivity index (χ2v) is 4.28. The maximum atomic E-state index is 11.0. The van der Waals surface area contributed by atoms with Crippen LogP contribution in [0.2, 0.25) is 0 Å². The van der Waals surface area contributed by atoms with Gasteiger partial charge < -0.3 is 14.9 Å². The first-order valence-electron chi connectivity index (χ1n) is 5.25. The van der Waals surface area contributed by atoms with E-state index in [9.17, 15) is 9.90 Å². The third kappa shape index (κ3) is 2.60. The molecule has 1 fully saturated rings. The van der Waals surface area contributed by atoms with Crippen molar-refractivity contribution in [2.45, 2.75) is 38.3 Å². The average Bonchev–Trinajstić information content (AvgIpc) is 2.59. The highest BCUT2D eigenvalue weighted by atomic mass is 16.5. The van der Waals surface area contributed by atoms with Gasteiger partial charge >= 0.3 is 6.09 Å². The van der Waals surface area contributed by atoms with Crippen LogP contribution in [-0.2, 0) is 4.74 Å². The maximum absolute atomic E-state index is 11.0. The molecule has 88 valence electrons. The fourth-order valence-corrected chi connectivity index (χ4v) is 1.92. The van der Waals surface area contributed by atoms with Gasteiger partial charge in [0.2, 0.25) is 0 Å². The van der Waals surface area contributed by atoms with Gasteiger partial charge in [-0.05, 0) is 26.7 Å². The van der Waals surface area contributed by atoms with Crippen LogP contribution in [0.25, 0.3) is 0 Å². The Morgan fingerprint density at radius 2 is 2.27 bits per heavy atom. The van der Waals surface area contributed by atoms with Crippen molar-refractivity contribution < 1.29 is 19.7 Å². The van der Waals surface area contributed by atoms with E-state index in [0.29, 0.717) is 13.0 Å². The Kier molecular flexibility index (Phi) is 3.93. The number of likely N-dealkylation sites (tertiary alicyclic amines) is 1. The van der Waals surface area contributed by atoms with Crippen molar-refractivity contribution in [3.63, 3.8) is 0 Å². The molecule has 2 N–H and O–H groups in total. The van der Waals surface area contributed by atoms with Crippen LogP contribution in [0, 0.1) is 0 Å². The normalized spacial score (nSPS) is 26.3. The molecule has 5 nitrogen and oxygen atoms in total. The molecule has 0 aromatic carbocycles. The van der Waals surface area contributed by atoms with E-state index in [4.69, 9.17) is 9.84 Å². The average molecular weight is 217 g/mol. The van der Waals surface area contributed by atoms with Gasteiger partial charge in [0.15, 0.2) is 0 Å². The van der Waals surface area contributed by atoms with E-state index >= 15 is 0 Å². The summed E-state index contributed by atoms with van der Waals surface area (Å²) >= 11 is 0. The number of aliphatic hydroxyl groups is 1. The minimum Gasteiger partial charge on any atom is -0.465 e. The van der Waals surface area contributed by atoms with Crippen LogP contribution in [-0.4, -0.2) is 52.6 Å². The maximum Gasteiger partial charge on any atom is 0.407 e. The van der Waals surface area contributed by atoms with Crippen molar-refractivity contribution in [2.24, 2.45) is 0 Å². The Hall–Kier alpha value is -0.810. The van der Waals surface area contributed by atoms with E-state index < -0.39 is 11.6 Å². The summed E-state index contributed by atoms with van der Waals surface area (Å²) in [5.74, 6) is 0. The zero-order valence-electron chi connectivity index (χ0n) is 9.27. The van der Waals surface area contributed by atoms with Crippen LogP contribution in [0.3, 0.4) is 0 Å². The van der Waals surface area contributed by atoms with Gasteiger partial charge in [0.05, 0.1) is 24.9 Å². The number of carbonyl (C=O) groups is 1. The van der Waals surface area contributed by atoms with Gasteiger partial charge in [-0.3, -0.25) is 4.90 Å². The first-order chi connectivity index (χ1) is 7.02. The Bertz CT molecular complexity index is 231. The van der Waals surface area contributed by atoms with Gasteiger partial charge in [-0.25, -0.2) is 4.79 Å². The number of ether oxygens (including phenoxy) is 1. The highest BCUT2D eigenvalue weighted by Crippen LogP contribution is 2.29. The summed E-state index contributed by atoms with van der Waals surface area (Å²) in [6.07, 6.45) is 0.523. The van der Waals surface area contributed by atoms with Crippen molar-refractivity contribution in [3.05, 3.63) is 0 Å². The minimum absolute atomic E-state index is 0.0460. The SMILES string of the molecule is CC(C)OCC1(CO)CCCN1C(=O)O. The van der Waals surface area contributed by atoms with Crippen molar-refractivity contribution in [1.82, 2.24) is 4.90 Å². The van der Waals surface area contributed by atoms with E-state index in [0.717, 1.165) is 6.42 Å². The zero-order chi connectivity index (χ0) is 11.5. The number of rotatable bonds is 4. The lowest BCUT2D eigenvalue weighted by atomic mass is 9.99. The van der Waals surface area contributed by atoms with Gasteiger partial charge in [0.1, 0.15) is 0 Å². The van der Waals surface area contributed by atoms with Crippen LogP contribution in [0.4, 0.5) is 4.79 Å². The van der Waals surface area contributed by atoms with Gasteiger partial charge in [0.25, 0.3) is 0 Å². The Balaban J connectivity index is 2.69.